The zero-order chi connectivity index (χ0) is 24.9. The maximum Gasteiger partial charge on any atom is 0.220 e. The number of ether oxygens (including phenoxy) is 2. The number of hydrogen-bond acceptors (Lipinski definition) is 4. The average molecular weight is 489 g/mol. The molecule has 3 aromatic rings. The van der Waals surface area contributed by atoms with Crippen molar-refractivity contribution in [2.24, 2.45) is 17.3 Å². The number of aliphatic hydroxyl groups is 1. The maximum atomic E-state index is 13.4. The summed E-state index contributed by atoms with van der Waals surface area (Å²) in [5.41, 5.74) is 2.55. The Bertz CT molecular complexity index is 1270. The zero-order valence-electron chi connectivity index (χ0n) is 21.2. The quantitative estimate of drug-likeness (QED) is 0.409. The van der Waals surface area contributed by atoms with Crippen molar-refractivity contribution in [2.75, 3.05) is 20.8 Å². The number of methoxy groups -OCH3 is 2. The number of nitrogens with one attached hydrogen (secondary N) is 2. The second-order valence-corrected chi connectivity index (χ2v) is 11.6. The molecule has 4 aliphatic carbocycles. The number of H-pyrrole nitrogens is 1. The Morgan fingerprint density at radius 1 is 1.06 bits per heavy atom. The first-order valence-electron chi connectivity index (χ1n) is 13.2. The first kappa shape index (κ1) is 23.4. The van der Waals surface area contributed by atoms with E-state index in [0.717, 1.165) is 54.1 Å². The van der Waals surface area contributed by atoms with E-state index in [9.17, 15) is 9.90 Å². The number of amides is 1. The highest BCUT2D eigenvalue weighted by Gasteiger charge is 2.57. The van der Waals surface area contributed by atoms with Crippen molar-refractivity contribution in [1.29, 1.82) is 0 Å². The minimum atomic E-state index is -0.551. The summed E-state index contributed by atoms with van der Waals surface area (Å²) in [5, 5.41) is 15.5. The molecule has 0 unspecified atom stereocenters. The largest absolute Gasteiger partial charge is 0.493 e. The van der Waals surface area contributed by atoms with Crippen LogP contribution < -0.4 is 14.8 Å². The van der Waals surface area contributed by atoms with Crippen molar-refractivity contribution in [3.8, 4) is 11.5 Å². The van der Waals surface area contributed by atoms with Gasteiger partial charge in [0, 0.05) is 41.5 Å². The molecular weight excluding hydrogens is 452 g/mol. The Morgan fingerprint density at radius 2 is 1.83 bits per heavy atom. The van der Waals surface area contributed by atoms with Gasteiger partial charge < -0.3 is 24.9 Å². The van der Waals surface area contributed by atoms with Gasteiger partial charge in [0.25, 0.3) is 0 Å². The number of carbonyl (C=O) groups is 1. The molecule has 3 N–H and O–H groups in total. The monoisotopic (exact) mass is 488 g/mol. The molecular formula is C30H36N2O4. The smallest absolute Gasteiger partial charge is 0.220 e. The van der Waals surface area contributed by atoms with Gasteiger partial charge in [-0.1, -0.05) is 30.3 Å². The van der Waals surface area contributed by atoms with Gasteiger partial charge in [-0.25, -0.2) is 0 Å². The molecule has 3 atom stereocenters. The van der Waals surface area contributed by atoms with Crippen molar-refractivity contribution in [2.45, 2.75) is 56.5 Å². The highest BCUT2D eigenvalue weighted by Crippen LogP contribution is 2.62. The van der Waals surface area contributed by atoms with Gasteiger partial charge in [0.15, 0.2) is 11.5 Å². The molecule has 0 saturated heterocycles. The van der Waals surface area contributed by atoms with Crippen LogP contribution in [0.15, 0.2) is 48.7 Å². The molecule has 6 nitrogen and oxygen atoms in total. The van der Waals surface area contributed by atoms with Crippen LogP contribution in [0.5, 0.6) is 11.5 Å². The molecule has 1 amide bonds. The fourth-order valence-corrected chi connectivity index (χ4v) is 8.18. The molecule has 4 bridgehead atoms. The van der Waals surface area contributed by atoms with E-state index < -0.39 is 5.60 Å². The molecule has 2 aromatic carbocycles. The van der Waals surface area contributed by atoms with E-state index in [4.69, 9.17) is 9.47 Å². The summed E-state index contributed by atoms with van der Waals surface area (Å²) in [6, 6.07) is 14.1. The maximum absolute atomic E-state index is 13.4. The Morgan fingerprint density at radius 3 is 2.56 bits per heavy atom. The molecule has 1 aromatic heterocycles. The van der Waals surface area contributed by atoms with Gasteiger partial charge in [0.05, 0.1) is 19.8 Å². The first-order valence-corrected chi connectivity index (χ1v) is 13.2. The summed E-state index contributed by atoms with van der Waals surface area (Å²) >= 11 is 0. The van der Waals surface area contributed by atoms with Gasteiger partial charge in [-0.15, -0.1) is 0 Å². The van der Waals surface area contributed by atoms with Crippen LogP contribution in [-0.4, -0.2) is 42.4 Å². The molecule has 7 rings (SSSR count). The van der Waals surface area contributed by atoms with Crippen LogP contribution in [-0.2, 0) is 4.79 Å². The highest BCUT2D eigenvalue weighted by molar-refractivity contribution is 5.84. The lowest BCUT2D eigenvalue weighted by molar-refractivity contribution is -0.169. The van der Waals surface area contributed by atoms with Crippen LogP contribution in [0.1, 0.15) is 62.0 Å². The van der Waals surface area contributed by atoms with Gasteiger partial charge in [0.2, 0.25) is 5.91 Å². The van der Waals surface area contributed by atoms with Crippen molar-refractivity contribution in [3.05, 3.63) is 59.8 Å². The van der Waals surface area contributed by atoms with E-state index in [0.29, 0.717) is 36.3 Å². The van der Waals surface area contributed by atoms with E-state index >= 15 is 0 Å². The molecule has 36 heavy (non-hydrogen) atoms. The zero-order valence-corrected chi connectivity index (χ0v) is 21.2. The number of benzene rings is 2. The van der Waals surface area contributed by atoms with Crippen LogP contribution in [0, 0.1) is 17.3 Å². The van der Waals surface area contributed by atoms with Crippen molar-refractivity contribution < 1.29 is 19.4 Å². The van der Waals surface area contributed by atoms with E-state index in [1.54, 1.807) is 14.2 Å². The number of aromatic nitrogens is 1. The fourth-order valence-electron chi connectivity index (χ4n) is 8.18. The standard InChI is InChI=1S/C30H36N2O4/c1-35-26-9-5-7-22(28(26)36-2)24(23-16-31-25-8-4-3-6-21(23)25)17-32-27(33)15-29-11-19-10-20(12-29)14-30(34,13-19)18-29/h3-9,16,19-20,24,31,34H,10-15,17-18H2,1-2H3,(H,32,33)/t19-,20-,24+,29?,30?/m1/s1. The number of carbonyl (C=O) groups excluding carboxylic acids is 1. The summed E-state index contributed by atoms with van der Waals surface area (Å²) in [7, 11) is 3.30. The molecule has 4 saturated carbocycles. The normalized spacial score (nSPS) is 29.3. The summed E-state index contributed by atoms with van der Waals surface area (Å²) in [6.07, 6.45) is 8.53. The number of rotatable bonds is 8. The second-order valence-electron chi connectivity index (χ2n) is 11.6. The lowest BCUT2D eigenvalue weighted by Crippen LogP contribution is -2.56. The minimum Gasteiger partial charge on any atom is -0.493 e. The predicted octanol–water partition coefficient (Wildman–Crippen LogP) is 5.15. The third-order valence-electron chi connectivity index (χ3n) is 9.00. The van der Waals surface area contributed by atoms with Crippen molar-refractivity contribution in [3.63, 3.8) is 0 Å². The fraction of sp³-hybridized carbons (Fsp3) is 0.500. The van der Waals surface area contributed by atoms with Crippen LogP contribution in [0.25, 0.3) is 10.9 Å². The van der Waals surface area contributed by atoms with Gasteiger partial charge >= 0.3 is 0 Å². The Labute approximate surface area is 212 Å². The van der Waals surface area contributed by atoms with Gasteiger partial charge in [0.1, 0.15) is 0 Å². The summed E-state index contributed by atoms with van der Waals surface area (Å²) in [5.74, 6) is 2.47. The Hall–Kier alpha value is -2.99. The lowest BCUT2D eigenvalue weighted by atomic mass is 9.47. The van der Waals surface area contributed by atoms with E-state index in [2.05, 4.69) is 28.5 Å². The van der Waals surface area contributed by atoms with Crippen LogP contribution in [0.2, 0.25) is 0 Å². The number of hydrogen-bond donors (Lipinski definition) is 3. The molecule has 190 valence electrons. The molecule has 6 heteroatoms. The third kappa shape index (κ3) is 4.05. The van der Waals surface area contributed by atoms with Crippen LogP contribution in [0.4, 0.5) is 0 Å². The van der Waals surface area contributed by atoms with E-state index in [1.807, 2.05) is 30.5 Å². The number of aromatic amines is 1. The topological polar surface area (TPSA) is 83.6 Å². The van der Waals surface area contributed by atoms with E-state index in [1.165, 1.54) is 6.42 Å². The molecule has 4 fully saturated rings. The average Bonchev–Trinajstić information content (AvgIpc) is 3.26. The first-order chi connectivity index (χ1) is 17.4. The molecule has 0 spiro atoms. The summed E-state index contributed by atoms with van der Waals surface area (Å²) < 4.78 is 11.4. The number of fused-ring (bicyclic) bond motifs is 1. The second kappa shape index (κ2) is 8.84. The third-order valence-corrected chi connectivity index (χ3v) is 9.00. The summed E-state index contributed by atoms with van der Waals surface area (Å²) in [6.45, 7) is 0.456. The van der Waals surface area contributed by atoms with Gasteiger partial charge in [-0.05, 0) is 73.5 Å². The van der Waals surface area contributed by atoms with Gasteiger partial charge in [-0.3, -0.25) is 4.79 Å². The lowest BCUT2D eigenvalue weighted by Gasteiger charge is -2.60. The van der Waals surface area contributed by atoms with Crippen molar-refractivity contribution in [1.82, 2.24) is 10.3 Å². The van der Waals surface area contributed by atoms with E-state index in [-0.39, 0.29) is 17.2 Å². The Balaban J connectivity index is 1.27. The predicted molar refractivity (Wildman–Crippen MR) is 139 cm³/mol. The van der Waals surface area contributed by atoms with Crippen LogP contribution >= 0.6 is 0 Å². The minimum absolute atomic E-state index is 0.0488. The SMILES string of the molecule is COc1cccc([C@H](CNC(=O)CC23C[C@H]4C[C@@H](CC(O)(C4)C2)C3)c2c[nH]c3ccccc23)c1OC. The molecule has 0 aliphatic heterocycles. The molecule has 1 heterocycles. The van der Waals surface area contributed by atoms with Crippen molar-refractivity contribution >= 4 is 16.8 Å². The Kier molecular flexibility index (Phi) is 5.75. The molecule has 0 radical (unpaired) electrons. The highest BCUT2D eigenvalue weighted by atomic mass is 16.5. The molecule has 4 aliphatic rings. The van der Waals surface area contributed by atoms with Gasteiger partial charge in [-0.2, -0.15) is 0 Å². The number of para-hydroxylation sites is 2. The summed E-state index contributed by atoms with van der Waals surface area (Å²) in [4.78, 5) is 16.8. The van der Waals surface area contributed by atoms with Crippen LogP contribution in [0.3, 0.4) is 0 Å².